The van der Waals surface area contributed by atoms with Gasteiger partial charge in [-0.1, -0.05) is 30.7 Å². The number of hydrogen-bond acceptors (Lipinski definition) is 2. The highest BCUT2D eigenvalue weighted by Crippen LogP contribution is 2.37. The number of pyridine rings is 1. The van der Waals surface area contributed by atoms with Crippen LogP contribution in [0.4, 0.5) is 5.69 Å². The van der Waals surface area contributed by atoms with Gasteiger partial charge in [-0.2, -0.15) is 0 Å². The number of nitrogens with two attached hydrogens (primary N) is 1. The number of aromatic nitrogens is 1. The summed E-state index contributed by atoms with van der Waals surface area (Å²) >= 11 is 0. The van der Waals surface area contributed by atoms with Gasteiger partial charge in [0, 0.05) is 5.56 Å². The average molecular weight is 238 g/mol. The second-order valence-corrected chi connectivity index (χ2v) is 5.18. The first-order valence-corrected chi connectivity index (χ1v) is 6.56. The van der Waals surface area contributed by atoms with E-state index in [0.29, 0.717) is 0 Å². The van der Waals surface area contributed by atoms with Crippen LogP contribution in [0.25, 0.3) is 11.3 Å². The summed E-state index contributed by atoms with van der Waals surface area (Å²) in [6, 6.07) is 10.8. The predicted octanol–water partition coefficient (Wildman–Crippen LogP) is 3.91. The molecule has 0 bridgehead atoms. The zero-order chi connectivity index (χ0) is 12.5. The van der Waals surface area contributed by atoms with Gasteiger partial charge in [0.25, 0.3) is 0 Å². The summed E-state index contributed by atoms with van der Waals surface area (Å²) in [5.41, 5.74) is 11.3. The molecule has 0 spiro atoms. The third-order valence-electron chi connectivity index (χ3n) is 3.86. The second kappa shape index (κ2) is 4.45. The normalized spacial score (nSPS) is 15.4. The maximum atomic E-state index is 5.73. The van der Waals surface area contributed by atoms with Crippen LogP contribution < -0.4 is 5.73 Å². The highest BCUT2D eigenvalue weighted by atomic mass is 14.7. The molecule has 1 fully saturated rings. The van der Waals surface area contributed by atoms with Gasteiger partial charge in [-0.05, 0) is 42.9 Å². The van der Waals surface area contributed by atoms with Gasteiger partial charge in [-0.3, -0.25) is 4.98 Å². The van der Waals surface area contributed by atoms with Gasteiger partial charge >= 0.3 is 0 Å². The first-order valence-electron chi connectivity index (χ1n) is 6.56. The van der Waals surface area contributed by atoms with Crippen LogP contribution in [0.5, 0.6) is 0 Å². The molecule has 1 aromatic carbocycles. The van der Waals surface area contributed by atoms with Crippen LogP contribution in [0.2, 0.25) is 0 Å². The van der Waals surface area contributed by atoms with E-state index in [2.05, 4.69) is 36.2 Å². The highest BCUT2D eigenvalue weighted by molar-refractivity contribution is 5.65. The molecular formula is C16H18N2. The van der Waals surface area contributed by atoms with E-state index in [1.165, 1.54) is 30.4 Å². The van der Waals surface area contributed by atoms with Gasteiger partial charge in [0.1, 0.15) is 0 Å². The Labute approximate surface area is 108 Å². The molecule has 2 aromatic rings. The second-order valence-electron chi connectivity index (χ2n) is 5.18. The van der Waals surface area contributed by atoms with Gasteiger partial charge in [0.05, 0.1) is 17.6 Å². The SMILES string of the molecule is Cc1cc(N)cnc1-c1ccc(C2CCC2)cc1. The molecule has 0 saturated heterocycles. The number of aryl methyl sites for hydroxylation is 1. The summed E-state index contributed by atoms with van der Waals surface area (Å²) in [4.78, 5) is 4.43. The first kappa shape index (κ1) is 11.3. The van der Waals surface area contributed by atoms with Crippen LogP contribution in [0.1, 0.15) is 36.3 Å². The first-order chi connectivity index (χ1) is 8.74. The summed E-state index contributed by atoms with van der Waals surface area (Å²) in [5, 5.41) is 0. The Morgan fingerprint density at radius 1 is 1.17 bits per heavy atom. The zero-order valence-electron chi connectivity index (χ0n) is 10.7. The van der Waals surface area contributed by atoms with Crippen molar-refractivity contribution in [1.29, 1.82) is 0 Å². The lowest BCUT2D eigenvalue weighted by atomic mass is 9.80. The molecule has 2 N–H and O–H groups in total. The third kappa shape index (κ3) is 1.99. The topological polar surface area (TPSA) is 38.9 Å². The Bertz CT molecular complexity index is 554. The number of nitrogen functional groups attached to an aromatic ring is 1. The zero-order valence-corrected chi connectivity index (χ0v) is 10.7. The van der Waals surface area contributed by atoms with E-state index in [1.807, 2.05) is 6.07 Å². The summed E-state index contributed by atoms with van der Waals surface area (Å²) < 4.78 is 0. The molecule has 0 amide bonds. The molecule has 1 heterocycles. The fraction of sp³-hybridized carbons (Fsp3) is 0.312. The molecule has 3 rings (SSSR count). The standard InChI is InChI=1S/C16H18N2/c1-11-9-15(17)10-18-16(11)14-7-5-13(6-8-14)12-3-2-4-12/h5-10,12H,2-4,17H2,1H3. The van der Waals surface area contributed by atoms with Crippen LogP contribution in [-0.2, 0) is 0 Å². The Morgan fingerprint density at radius 2 is 1.89 bits per heavy atom. The smallest absolute Gasteiger partial charge is 0.0732 e. The molecule has 2 heteroatoms. The van der Waals surface area contributed by atoms with E-state index >= 15 is 0 Å². The molecule has 0 atom stereocenters. The predicted molar refractivity (Wildman–Crippen MR) is 75.4 cm³/mol. The van der Waals surface area contributed by atoms with Crippen molar-refractivity contribution in [2.24, 2.45) is 0 Å². The largest absolute Gasteiger partial charge is 0.397 e. The number of anilines is 1. The Morgan fingerprint density at radius 3 is 2.44 bits per heavy atom. The number of rotatable bonds is 2. The minimum absolute atomic E-state index is 0.724. The lowest BCUT2D eigenvalue weighted by Gasteiger charge is -2.25. The molecule has 0 aliphatic heterocycles. The van der Waals surface area contributed by atoms with Crippen molar-refractivity contribution in [2.45, 2.75) is 32.1 Å². The summed E-state index contributed by atoms with van der Waals surface area (Å²) in [6.45, 7) is 2.05. The van der Waals surface area contributed by atoms with E-state index in [-0.39, 0.29) is 0 Å². The van der Waals surface area contributed by atoms with Crippen molar-refractivity contribution in [1.82, 2.24) is 4.98 Å². The van der Waals surface area contributed by atoms with Crippen LogP contribution in [-0.4, -0.2) is 4.98 Å². The van der Waals surface area contributed by atoms with Crippen molar-refractivity contribution in [3.63, 3.8) is 0 Å². The van der Waals surface area contributed by atoms with Gasteiger partial charge in [0.15, 0.2) is 0 Å². The molecule has 1 aliphatic carbocycles. The summed E-state index contributed by atoms with van der Waals surface area (Å²) in [5.74, 6) is 0.791. The molecule has 1 aromatic heterocycles. The maximum absolute atomic E-state index is 5.73. The van der Waals surface area contributed by atoms with Crippen molar-refractivity contribution < 1.29 is 0 Å². The van der Waals surface area contributed by atoms with Crippen molar-refractivity contribution in [3.8, 4) is 11.3 Å². The van der Waals surface area contributed by atoms with Gasteiger partial charge < -0.3 is 5.73 Å². The fourth-order valence-corrected chi connectivity index (χ4v) is 2.55. The molecule has 1 aliphatic rings. The lowest BCUT2D eigenvalue weighted by Crippen LogP contribution is -2.08. The van der Waals surface area contributed by atoms with E-state index in [4.69, 9.17) is 5.73 Å². The van der Waals surface area contributed by atoms with Gasteiger partial charge in [0.2, 0.25) is 0 Å². The molecule has 18 heavy (non-hydrogen) atoms. The van der Waals surface area contributed by atoms with Gasteiger partial charge in [-0.25, -0.2) is 0 Å². The van der Waals surface area contributed by atoms with E-state index in [1.54, 1.807) is 6.20 Å². The third-order valence-corrected chi connectivity index (χ3v) is 3.86. The molecule has 2 nitrogen and oxygen atoms in total. The van der Waals surface area contributed by atoms with Gasteiger partial charge in [-0.15, -0.1) is 0 Å². The molecule has 92 valence electrons. The van der Waals surface area contributed by atoms with E-state index in [9.17, 15) is 0 Å². The van der Waals surface area contributed by atoms with Crippen LogP contribution in [0.3, 0.4) is 0 Å². The monoisotopic (exact) mass is 238 g/mol. The van der Waals surface area contributed by atoms with Crippen molar-refractivity contribution in [3.05, 3.63) is 47.7 Å². The maximum Gasteiger partial charge on any atom is 0.0732 e. The average Bonchev–Trinajstić information content (AvgIpc) is 2.28. The number of hydrogen-bond donors (Lipinski definition) is 1. The van der Waals surface area contributed by atoms with Crippen LogP contribution in [0, 0.1) is 6.92 Å². The van der Waals surface area contributed by atoms with E-state index in [0.717, 1.165) is 22.9 Å². The van der Waals surface area contributed by atoms with E-state index < -0.39 is 0 Å². The Balaban J connectivity index is 1.91. The van der Waals surface area contributed by atoms with Crippen molar-refractivity contribution >= 4 is 5.69 Å². The quantitative estimate of drug-likeness (QED) is 0.861. The molecular weight excluding hydrogens is 220 g/mol. The van der Waals surface area contributed by atoms with Crippen LogP contribution in [0.15, 0.2) is 36.5 Å². The highest BCUT2D eigenvalue weighted by Gasteiger charge is 2.19. The minimum Gasteiger partial charge on any atom is -0.397 e. The molecule has 1 saturated carbocycles. The Kier molecular flexibility index (Phi) is 2.78. The lowest BCUT2D eigenvalue weighted by molar-refractivity contribution is 0.420. The summed E-state index contributed by atoms with van der Waals surface area (Å²) in [6.07, 6.45) is 5.80. The molecule has 0 unspecified atom stereocenters. The number of benzene rings is 1. The minimum atomic E-state index is 0.724. The fourth-order valence-electron chi connectivity index (χ4n) is 2.55. The van der Waals surface area contributed by atoms with Crippen LogP contribution >= 0.6 is 0 Å². The Hall–Kier alpha value is -1.83. The van der Waals surface area contributed by atoms with Crippen molar-refractivity contribution in [2.75, 3.05) is 5.73 Å². The number of nitrogens with zero attached hydrogens (tertiary/aromatic N) is 1. The summed E-state index contributed by atoms with van der Waals surface area (Å²) in [7, 11) is 0. The molecule has 0 radical (unpaired) electrons.